The molecule has 0 radical (unpaired) electrons. The number of nitrogens with one attached hydrogen (secondary N) is 1. The van der Waals surface area contributed by atoms with Crippen molar-refractivity contribution in [3.8, 4) is 0 Å². The maximum atomic E-state index is 10.8. The quantitative estimate of drug-likeness (QED) is 0.642. The minimum Gasteiger partial charge on any atom is -0.307 e. The number of aromatic nitrogens is 2. The smallest absolute Gasteiger partial charge is 0.273 e. The summed E-state index contributed by atoms with van der Waals surface area (Å²) in [4.78, 5) is 10.5. The lowest BCUT2D eigenvalue weighted by Gasteiger charge is -2.03. The predicted octanol–water partition coefficient (Wildman–Crippen LogP) is 1.62. The van der Waals surface area contributed by atoms with Gasteiger partial charge in [-0.05, 0) is 6.07 Å². The van der Waals surface area contributed by atoms with Crippen LogP contribution < -0.4 is 5.32 Å². The molecule has 0 aliphatic carbocycles. The van der Waals surface area contributed by atoms with E-state index in [1.807, 2.05) is 19.3 Å². The highest BCUT2D eigenvalue weighted by Crippen LogP contribution is 2.17. The maximum Gasteiger partial charge on any atom is 0.273 e. The summed E-state index contributed by atoms with van der Waals surface area (Å²) in [6.45, 7) is 1.04. The van der Waals surface area contributed by atoms with Gasteiger partial charge in [0.05, 0.1) is 10.6 Å². The monoisotopic (exact) mass is 246 g/mol. The Kier molecular flexibility index (Phi) is 3.69. The first-order valence-electron chi connectivity index (χ1n) is 5.58. The lowest BCUT2D eigenvalue weighted by Crippen LogP contribution is -2.14. The van der Waals surface area contributed by atoms with Crippen molar-refractivity contribution in [2.45, 2.75) is 13.1 Å². The van der Waals surface area contributed by atoms with Gasteiger partial charge in [0.2, 0.25) is 0 Å². The summed E-state index contributed by atoms with van der Waals surface area (Å²) in [6, 6.07) is 8.64. The van der Waals surface area contributed by atoms with Gasteiger partial charge in [-0.2, -0.15) is 5.10 Å². The fourth-order valence-corrected chi connectivity index (χ4v) is 1.72. The van der Waals surface area contributed by atoms with Crippen molar-refractivity contribution in [1.29, 1.82) is 0 Å². The van der Waals surface area contributed by atoms with Crippen molar-refractivity contribution in [1.82, 2.24) is 15.1 Å². The molecule has 1 heterocycles. The van der Waals surface area contributed by atoms with E-state index in [4.69, 9.17) is 0 Å². The molecule has 0 atom stereocenters. The normalized spacial score (nSPS) is 10.5. The van der Waals surface area contributed by atoms with Crippen LogP contribution in [0.15, 0.2) is 36.5 Å². The fraction of sp³-hybridized carbons (Fsp3) is 0.250. The van der Waals surface area contributed by atoms with E-state index in [9.17, 15) is 10.1 Å². The number of para-hydroxylation sites is 1. The molecule has 0 saturated heterocycles. The molecule has 0 bridgehead atoms. The van der Waals surface area contributed by atoms with Gasteiger partial charge in [0.25, 0.3) is 5.69 Å². The molecule has 1 aromatic heterocycles. The molecular formula is C12H14N4O2. The molecule has 0 fully saturated rings. The molecule has 0 aliphatic rings. The molecule has 94 valence electrons. The zero-order chi connectivity index (χ0) is 13.0. The van der Waals surface area contributed by atoms with E-state index in [0.29, 0.717) is 18.7 Å². The second-order valence-corrected chi connectivity index (χ2v) is 3.97. The summed E-state index contributed by atoms with van der Waals surface area (Å²) in [5.41, 5.74) is 1.74. The van der Waals surface area contributed by atoms with Crippen molar-refractivity contribution in [3.05, 3.63) is 57.9 Å². The Bertz CT molecular complexity index is 551. The van der Waals surface area contributed by atoms with Crippen LogP contribution in [0.4, 0.5) is 5.69 Å². The van der Waals surface area contributed by atoms with Gasteiger partial charge in [0.1, 0.15) is 0 Å². The summed E-state index contributed by atoms with van der Waals surface area (Å²) < 4.78 is 1.72. The van der Waals surface area contributed by atoms with Gasteiger partial charge in [0.15, 0.2) is 0 Å². The number of nitrogens with zero attached hydrogens (tertiary/aromatic N) is 3. The van der Waals surface area contributed by atoms with Crippen molar-refractivity contribution in [3.63, 3.8) is 0 Å². The third-order valence-corrected chi connectivity index (χ3v) is 2.58. The Morgan fingerprint density at radius 1 is 1.33 bits per heavy atom. The number of nitro groups is 1. The highest BCUT2D eigenvalue weighted by atomic mass is 16.6. The highest BCUT2D eigenvalue weighted by Gasteiger charge is 2.11. The van der Waals surface area contributed by atoms with Gasteiger partial charge in [0, 0.05) is 38.0 Å². The number of nitro benzene ring substituents is 1. The summed E-state index contributed by atoms with van der Waals surface area (Å²) in [5, 5.41) is 18.2. The Morgan fingerprint density at radius 3 is 2.78 bits per heavy atom. The number of rotatable bonds is 5. The zero-order valence-electron chi connectivity index (χ0n) is 10.0. The number of benzene rings is 1. The van der Waals surface area contributed by atoms with E-state index in [-0.39, 0.29) is 10.6 Å². The third kappa shape index (κ3) is 2.92. The largest absolute Gasteiger partial charge is 0.307 e. The first-order chi connectivity index (χ1) is 8.66. The van der Waals surface area contributed by atoms with Crippen molar-refractivity contribution >= 4 is 5.69 Å². The molecule has 1 N–H and O–H groups in total. The second-order valence-electron chi connectivity index (χ2n) is 3.97. The van der Waals surface area contributed by atoms with Gasteiger partial charge in [-0.3, -0.25) is 14.8 Å². The third-order valence-electron chi connectivity index (χ3n) is 2.58. The maximum absolute atomic E-state index is 10.8. The van der Waals surface area contributed by atoms with E-state index in [2.05, 4.69) is 10.4 Å². The van der Waals surface area contributed by atoms with Crippen LogP contribution >= 0.6 is 0 Å². The lowest BCUT2D eigenvalue weighted by atomic mass is 10.2. The molecule has 2 aromatic rings. The molecule has 0 unspecified atom stereocenters. The Labute approximate surface area is 104 Å². The predicted molar refractivity (Wildman–Crippen MR) is 66.8 cm³/mol. The van der Waals surface area contributed by atoms with Crippen molar-refractivity contribution in [2.75, 3.05) is 0 Å². The van der Waals surface area contributed by atoms with Crippen LogP contribution in [0.1, 0.15) is 11.3 Å². The molecule has 6 nitrogen and oxygen atoms in total. The van der Waals surface area contributed by atoms with Crippen molar-refractivity contribution < 1.29 is 4.92 Å². The highest BCUT2D eigenvalue weighted by molar-refractivity contribution is 5.39. The van der Waals surface area contributed by atoms with Crippen LogP contribution in [-0.2, 0) is 20.1 Å². The zero-order valence-corrected chi connectivity index (χ0v) is 10.0. The molecule has 1 aromatic carbocycles. The first-order valence-corrected chi connectivity index (χ1v) is 5.58. The van der Waals surface area contributed by atoms with E-state index in [1.165, 1.54) is 6.07 Å². The van der Waals surface area contributed by atoms with Crippen LogP contribution in [0.3, 0.4) is 0 Å². The van der Waals surface area contributed by atoms with E-state index < -0.39 is 0 Å². The Balaban J connectivity index is 1.96. The summed E-state index contributed by atoms with van der Waals surface area (Å²) in [6.07, 6.45) is 1.86. The fourth-order valence-electron chi connectivity index (χ4n) is 1.72. The van der Waals surface area contributed by atoms with Crippen LogP contribution in [0.25, 0.3) is 0 Å². The van der Waals surface area contributed by atoms with Crippen LogP contribution in [-0.4, -0.2) is 14.7 Å². The van der Waals surface area contributed by atoms with Gasteiger partial charge in [-0.25, -0.2) is 0 Å². The minimum absolute atomic E-state index is 0.144. The molecule has 0 amide bonds. The van der Waals surface area contributed by atoms with E-state index in [0.717, 1.165) is 5.69 Å². The summed E-state index contributed by atoms with van der Waals surface area (Å²) in [5.74, 6) is 0. The molecular weight excluding hydrogens is 232 g/mol. The van der Waals surface area contributed by atoms with Gasteiger partial charge < -0.3 is 5.32 Å². The SMILES string of the molecule is Cn1ccc(CNCc2ccccc2[N+](=O)[O-])n1. The number of hydrogen-bond acceptors (Lipinski definition) is 4. The minimum atomic E-state index is -0.363. The number of aryl methyl sites for hydroxylation is 1. The average Bonchev–Trinajstić information content (AvgIpc) is 2.75. The summed E-state index contributed by atoms with van der Waals surface area (Å²) in [7, 11) is 1.85. The molecule has 0 aliphatic heterocycles. The van der Waals surface area contributed by atoms with Crippen molar-refractivity contribution in [2.24, 2.45) is 7.05 Å². The molecule has 0 saturated carbocycles. The van der Waals surface area contributed by atoms with E-state index >= 15 is 0 Å². The molecule has 18 heavy (non-hydrogen) atoms. The molecule has 0 spiro atoms. The van der Waals surface area contributed by atoms with Crippen LogP contribution in [0.5, 0.6) is 0 Å². The van der Waals surface area contributed by atoms with Gasteiger partial charge in [-0.1, -0.05) is 18.2 Å². The average molecular weight is 246 g/mol. The Morgan fingerprint density at radius 2 is 2.11 bits per heavy atom. The topological polar surface area (TPSA) is 73.0 Å². The number of hydrogen-bond donors (Lipinski definition) is 1. The van der Waals surface area contributed by atoms with Gasteiger partial charge >= 0.3 is 0 Å². The molecule has 6 heteroatoms. The lowest BCUT2D eigenvalue weighted by molar-refractivity contribution is -0.385. The molecule has 2 rings (SSSR count). The van der Waals surface area contributed by atoms with Crippen LogP contribution in [0.2, 0.25) is 0 Å². The second kappa shape index (κ2) is 5.42. The van der Waals surface area contributed by atoms with Gasteiger partial charge in [-0.15, -0.1) is 0 Å². The summed E-state index contributed by atoms with van der Waals surface area (Å²) >= 11 is 0. The van der Waals surface area contributed by atoms with Crippen LogP contribution in [0, 0.1) is 10.1 Å². The standard InChI is InChI=1S/C12H14N4O2/c1-15-7-6-11(14-15)9-13-8-10-4-2-3-5-12(10)16(17)18/h2-7,13H,8-9H2,1H3. The van der Waals surface area contributed by atoms with E-state index in [1.54, 1.807) is 22.9 Å². The Hall–Kier alpha value is -2.21. The first kappa shape index (κ1) is 12.3.